The highest BCUT2D eigenvalue weighted by molar-refractivity contribution is 5.90. The van der Waals surface area contributed by atoms with E-state index in [9.17, 15) is 29.1 Å². The summed E-state index contributed by atoms with van der Waals surface area (Å²) in [4.78, 5) is 66.6. The van der Waals surface area contributed by atoms with Gasteiger partial charge in [0.15, 0.2) is 0 Å². The van der Waals surface area contributed by atoms with Gasteiger partial charge in [-0.15, -0.1) is 0 Å². The van der Waals surface area contributed by atoms with E-state index in [1.165, 1.54) is 17.7 Å². The van der Waals surface area contributed by atoms with Crippen LogP contribution in [0, 0.1) is 17.8 Å². The first-order valence-electron chi connectivity index (χ1n) is 16.2. The molecule has 4 aliphatic rings. The van der Waals surface area contributed by atoms with Crippen LogP contribution < -0.4 is 16.0 Å². The molecule has 0 radical (unpaired) electrons. The van der Waals surface area contributed by atoms with Crippen molar-refractivity contribution < 1.29 is 29.1 Å². The molecular weight excluding hydrogens is 538 g/mol. The number of nitrogens with zero attached hydrogens (tertiary/aromatic N) is 2. The fourth-order valence-corrected chi connectivity index (χ4v) is 7.72. The van der Waals surface area contributed by atoms with E-state index in [-0.39, 0.29) is 66.8 Å². The Morgan fingerprint density at radius 2 is 1.62 bits per heavy atom. The maximum absolute atomic E-state index is 13.6. The van der Waals surface area contributed by atoms with E-state index in [0.717, 1.165) is 38.5 Å². The molecule has 5 amide bonds. The fourth-order valence-electron chi connectivity index (χ4n) is 7.72. The Labute approximate surface area is 249 Å². The van der Waals surface area contributed by atoms with Crippen molar-refractivity contribution in [3.05, 3.63) is 0 Å². The molecule has 0 aromatic heterocycles. The first kappa shape index (κ1) is 32.1. The van der Waals surface area contributed by atoms with Crippen LogP contribution in [-0.2, 0) is 19.2 Å². The largest absolute Gasteiger partial charge is 0.481 e. The van der Waals surface area contributed by atoms with Crippen LogP contribution >= 0.6 is 0 Å². The highest BCUT2D eigenvalue weighted by Crippen LogP contribution is 2.34. The predicted molar refractivity (Wildman–Crippen MR) is 157 cm³/mol. The third kappa shape index (κ3) is 8.16. The molecule has 3 aliphatic carbocycles. The van der Waals surface area contributed by atoms with Crippen molar-refractivity contribution in [3.63, 3.8) is 0 Å². The Morgan fingerprint density at radius 3 is 2.29 bits per heavy atom. The number of hydrogen-bond acceptors (Lipinski definition) is 5. The highest BCUT2D eigenvalue weighted by atomic mass is 16.4. The average Bonchev–Trinajstić information content (AvgIpc) is 3.04. The van der Waals surface area contributed by atoms with E-state index in [1.807, 2.05) is 6.92 Å². The first-order chi connectivity index (χ1) is 20.0. The number of nitrogens with one attached hydrogen (secondary N) is 3. The lowest BCUT2D eigenvalue weighted by atomic mass is 9.79. The zero-order chi connectivity index (χ0) is 30.4. The second-order valence-electron chi connectivity index (χ2n) is 13.3. The summed E-state index contributed by atoms with van der Waals surface area (Å²) >= 11 is 0. The smallest absolute Gasteiger partial charge is 0.315 e. The van der Waals surface area contributed by atoms with E-state index >= 15 is 0 Å². The number of rotatable bonds is 9. The SMILES string of the molecule is CCC(CC(=O)O)N1CC(=O)N(C)C2CCC(NC(=O)CC3CCC(NC(=O)NC4CCCCC4C)CC3)CC2C1=O. The predicted octanol–water partition coefficient (Wildman–Crippen LogP) is 3.02. The van der Waals surface area contributed by atoms with Gasteiger partial charge in [0.2, 0.25) is 17.7 Å². The van der Waals surface area contributed by atoms with Gasteiger partial charge >= 0.3 is 12.0 Å². The molecule has 42 heavy (non-hydrogen) atoms. The number of carboxylic acid groups (broad SMARTS) is 1. The van der Waals surface area contributed by atoms with Crippen molar-refractivity contribution in [2.24, 2.45) is 17.8 Å². The molecule has 3 saturated carbocycles. The van der Waals surface area contributed by atoms with Crippen molar-refractivity contribution in [3.8, 4) is 0 Å². The van der Waals surface area contributed by atoms with Crippen molar-refractivity contribution >= 4 is 29.7 Å². The molecule has 6 unspecified atom stereocenters. The lowest BCUT2D eigenvalue weighted by molar-refractivity contribution is -0.144. The maximum atomic E-state index is 13.6. The van der Waals surface area contributed by atoms with Crippen molar-refractivity contribution in [2.45, 2.75) is 134 Å². The molecule has 4 rings (SSSR count). The molecule has 1 saturated heterocycles. The number of carbonyl (C=O) groups is 5. The van der Waals surface area contributed by atoms with E-state index < -0.39 is 17.9 Å². The number of amides is 5. The van der Waals surface area contributed by atoms with E-state index in [0.29, 0.717) is 38.0 Å². The number of hydrogen-bond donors (Lipinski definition) is 4. The Balaban J connectivity index is 1.24. The second-order valence-corrected chi connectivity index (χ2v) is 13.3. The van der Waals surface area contributed by atoms with Gasteiger partial charge in [0.05, 0.1) is 12.3 Å². The minimum atomic E-state index is -0.993. The molecule has 11 heteroatoms. The monoisotopic (exact) mass is 589 g/mol. The van der Waals surface area contributed by atoms with Crippen LogP contribution in [0.2, 0.25) is 0 Å². The van der Waals surface area contributed by atoms with E-state index in [4.69, 9.17) is 0 Å². The van der Waals surface area contributed by atoms with Gasteiger partial charge in [-0.1, -0.05) is 26.7 Å². The van der Waals surface area contributed by atoms with Gasteiger partial charge in [0, 0.05) is 43.7 Å². The maximum Gasteiger partial charge on any atom is 0.315 e. The lowest BCUT2D eigenvalue weighted by Crippen LogP contribution is -2.52. The molecule has 4 fully saturated rings. The van der Waals surface area contributed by atoms with Gasteiger partial charge in [-0.05, 0) is 76.0 Å². The molecule has 0 spiro atoms. The Bertz CT molecular complexity index is 998. The topological polar surface area (TPSA) is 148 Å². The number of carbonyl (C=O) groups excluding carboxylic acids is 4. The van der Waals surface area contributed by atoms with Crippen LogP contribution in [0.4, 0.5) is 4.79 Å². The van der Waals surface area contributed by atoms with Gasteiger partial charge in [-0.2, -0.15) is 0 Å². The van der Waals surface area contributed by atoms with Crippen LogP contribution in [0.5, 0.6) is 0 Å². The van der Waals surface area contributed by atoms with Gasteiger partial charge in [0.25, 0.3) is 0 Å². The minimum Gasteiger partial charge on any atom is -0.481 e. The number of fused-ring (bicyclic) bond motifs is 1. The van der Waals surface area contributed by atoms with Crippen LogP contribution in [-0.4, -0.2) is 88.4 Å². The average molecular weight is 590 g/mol. The normalized spacial score (nSPS) is 32.8. The Morgan fingerprint density at radius 1 is 0.929 bits per heavy atom. The summed E-state index contributed by atoms with van der Waals surface area (Å²) in [5, 5.41) is 18.8. The van der Waals surface area contributed by atoms with E-state index in [2.05, 4.69) is 22.9 Å². The zero-order valence-corrected chi connectivity index (χ0v) is 25.6. The van der Waals surface area contributed by atoms with Crippen LogP contribution in [0.15, 0.2) is 0 Å². The minimum absolute atomic E-state index is 0.0152. The number of carboxylic acids is 1. The van der Waals surface area contributed by atoms with Gasteiger partial charge < -0.3 is 30.9 Å². The molecule has 6 atom stereocenters. The second kappa shape index (κ2) is 14.6. The number of likely N-dealkylation sites (N-methyl/N-ethyl adjacent to an activating group) is 1. The summed E-state index contributed by atoms with van der Waals surface area (Å²) in [5.41, 5.74) is 0. The van der Waals surface area contributed by atoms with E-state index in [1.54, 1.807) is 11.9 Å². The number of urea groups is 1. The molecule has 4 N–H and O–H groups in total. The summed E-state index contributed by atoms with van der Waals surface area (Å²) in [6, 6.07) is -0.619. The molecular formula is C31H51N5O6. The Hall–Kier alpha value is -2.85. The van der Waals surface area contributed by atoms with Crippen molar-refractivity contribution in [2.75, 3.05) is 13.6 Å². The third-order valence-corrected chi connectivity index (χ3v) is 10.4. The lowest BCUT2D eigenvalue weighted by Gasteiger charge is -2.39. The summed E-state index contributed by atoms with van der Waals surface area (Å²) in [6.45, 7) is 3.93. The van der Waals surface area contributed by atoms with Crippen LogP contribution in [0.1, 0.15) is 104 Å². The van der Waals surface area contributed by atoms with Gasteiger partial charge in [0.1, 0.15) is 6.54 Å². The fraction of sp³-hybridized carbons (Fsp3) is 0.839. The summed E-state index contributed by atoms with van der Waals surface area (Å²) in [7, 11) is 1.72. The molecule has 236 valence electrons. The quantitative estimate of drug-likeness (QED) is 0.325. The highest BCUT2D eigenvalue weighted by Gasteiger charge is 2.45. The first-order valence-corrected chi connectivity index (χ1v) is 16.2. The number of aliphatic carboxylic acids is 1. The summed E-state index contributed by atoms with van der Waals surface area (Å²) < 4.78 is 0. The van der Waals surface area contributed by atoms with Crippen LogP contribution in [0.25, 0.3) is 0 Å². The summed E-state index contributed by atoms with van der Waals surface area (Å²) in [5.74, 6) is -1.05. The molecule has 0 bridgehead atoms. The van der Waals surface area contributed by atoms with Crippen molar-refractivity contribution in [1.29, 1.82) is 0 Å². The molecule has 11 nitrogen and oxygen atoms in total. The molecule has 1 heterocycles. The molecule has 0 aromatic carbocycles. The Kier molecular flexibility index (Phi) is 11.1. The van der Waals surface area contributed by atoms with Crippen LogP contribution in [0.3, 0.4) is 0 Å². The molecule has 1 aliphatic heterocycles. The van der Waals surface area contributed by atoms with Gasteiger partial charge in [-0.3, -0.25) is 19.2 Å². The third-order valence-electron chi connectivity index (χ3n) is 10.4. The standard InChI is InChI=1S/C31H51N5O6/c1-4-23(17-29(39)40)36-18-28(38)35(3)26-14-13-22(16-24(26)30(36)41)32-27(37)15-20-9-11-21(12-10-20)33-31(42)34-25-8-6-5-7-19(25)2/h19-26H,4-18H2,1-3H3,(H,32,37)(H,39,40)(H2,33,34,42). The molecule has 0 aromatic rings. The summed E-state index contributed by atoms with van der Waals surface area (Å²) in [6.07, 6.45) is 10.5. The zero-order valence-electron chi connectivity index (χ0n) is 25.6. The van der Waals surface area contributed by atoms with Gasteiger partial charge in [-0.25, -0.2) is 4.79 Å². The van der Waals surface area contributed by atoms with Crippen molar-refractivity contribution in [1.82, 2.24) is 25.8 Å².